The number of fused-ring (bicyclic) bond motifs is 1. The Labute approximate surface area is 152 Å². The Kier molecular flexibility index (Phi) is 5.20. The molecular formula is C19H21N3O3S. The van der Waals surface area contributed by atoms with Crippen LogP contribution in [-0.4, -0.2) is 42.4 Å². The molecule has 2 N–H and O–H groups in total. The van der Waals surface area contributed by atoms with Crippen molar-refractivity contribution in [1.82, 2.24) is 9.97 Å². The molecule has 6 nitrogen and oxygen atoms in total. The minimum atomic E-state index is -3.33. The van der Waals surface area contributed by atoms with Crippen LogP contribution in [0.5, 0.6) is 0 Å². The number of anilines is 1. The first kappa shape index (κ1) is 18.3. The van der Waals surface area contributed by atoms with Crippen LogP contribution < -0.4 is 5.32 Å². The van der Waals surface area contributed by atoms with Crippen molar-refractivity contribution in [3.05, 3.63) is 59.9 Å². The highest BCUT2D eigenvalue weighted by Crippen LogP contribution is 2.24. The lowest BCUT2D eigenvalue weighted by atomic mass is 10.0. The van der Waals surface area contributed by atoms with Gasteiger partial charge in [0, 0.05) is 11.6 Å². The zero-order valence-electron chi connectivity index (χ0n) is 14.7. The lowest BCUT2D eigenvalue weighted by Gasteiger charge is -2.18. The van der Waals surface area contributed by atoms with E-state index in [-0.39, 0.29) is 17.5 Å². The molecular weight excluding hydrogens is 350 g/mol. The number of hydrogen-bond donors (Lipinski definition) is 2. The zero-order chi connectivity index (χ0) is 18.7. The fraction of sp³-hybridized carbons (Fsp3) is 0.263. The van der Waals surface area contributed by atoms with Crippen molar-refractivity contribution in [3.63, 3.8) is 0 Å². The summed E-state index contributed by atoms with van der Waals surface area (Å²) in [6.07, 6.45) is 3.21. The molecule has 7 heteroatoms. The van der Waals surface area contributed by atoms with Crippen LogP contribution in [0.4, 0.5) is 5.82 Å². The Bertz CT molecular complexity index is 1040. The van der Waals surface area contributed by atoms with Crippen LogP contribution in [0, 0.1) is 6.92 Å². The maximum atomic E-state index is 11.8. The second-order valence-corrected chi connectivity index (χ2v) is 8.41. The molecule has 1 atom stereocenters. The van der Waals surface area contributed by atoms with E-state index in [4.69, 9.17) is 0 Å². The number of aliphatic hydroxyl groups excluding tert-OH is 1. The van der Waals surface area contributed by atoms with Crippen molar-refractivity contribution in [2.24, 2.45) is 0 Å². The highest BCUT2D eigenvalue weighted by molar-refractivity contribution is 7.90. The van der Waals surface area contributed by atoms with Gasteiger partial charge in [-0.2, -0.15) is 0 Å². The number of nitrogens with zero attached hydrogens (tertiary/aromatic N) is 2. The van der Waals surface area contributed by atoms with Gasteiger partial charge in [0.1, 0.15) is 12.1 Å². The minimum Gasteiger partial charge on any atom is -0.394 e. The maximum absolute atomic E-state index is 11.8. The number of hydrogen-bond acceptors (Lipinski definition) is 6. The average Bonchev–Trinajstić information content (AvgIpc) is 2.60. The Balaban J connectivity index is 1.93. The summed E-state index contributed by atoms with van der Waals surface area (Å²) < 4.78 is 23.7. The third-order valence-corrected chi connectivity index (χ3v) is 5.27. The summed E-state index contributed by atoms with van der Waals surface area (Å²) in [7, 11) is -3.33. The molecule has 2 aromatic carbocycles. The fourth-order valence-electron chi connectivity index (χ4n) is 2.86. The van der Waals surface area contributed by atoms with Gasteiger partial charge >= 0.3 is 0 Å². The fourth-order valence-corrected chi connectivity index (χ4v) is 3.51. The van der Waals surface area contributed by atoms with Crippen LogP contribution in [0.15, 0.2) is 53.7 Å². The second-order valence-electron chi connectivity index (χ2n) is 6.39. The normalized spacial score (nSPS) is 12.9. The quantitative estimate of drug-likeness (QED) is 0.691. The van der Waals surface area contributed by atoms with Gasteiger partial charge in [0.2, 0.25) is 0 Å². The van der Waals surface area contributed by atoms with Gasteiger partial charge in [-0.25, -0.2) is 18.4 Å². The molecule has 1 aromatic heterocycles. The van der Waals surface area contributed by atoms with Crippen LogP contribution in [0.2, 0.25) is 0 Å². The molecule has 26 heavy (non-hydrogen) atoms. The Morgan fingerprint density at radius 2 is 1.96 bits per heavy atom. The van der Waals surface area contributed by atoms with Crippen molar-refractivity contribution >= 4 is 26.6 Å². The molecule has 0 bridgehead atoms. The first-order valence-electron chi connectivity index (χ1n) is 8.24. The second kappa shape index (κ2) is 7.39. The minimum absolute atomic E-state index is 0.0782. The molecule has 0 saturated heterocycles. The molecule has 0 radical (unpaired) electrons. The topological polar surface area (TPSA) is 92.2 Å². The maximum Gasteiger partial charge on any atom is 0.175 e. The molecule has 0 aliphatic rings. The monoisotopic (exact) mass is 371 g/mol. The smallest absolute Gasteiger partial charge is 0.175 e. The largest absolute Gasteiger partial charge is 0.394 e. The van der Waals surface area contributed by atoms with Crippen LogP contribution in [-0.2, 0) is 16.3 Å². The number of aryl methyl sites for hydroxylation is 1. The molecule has 0 fully saturated rings. The van der Waals surface area contributed by atoms with Gasteiger partial charge in [-0.05, 0) is 37.1 Å². The first-order chi connectivity index (χ1) is 12.4. The molecule has 0 unspecified atom stereocenters. The Morgan fingerprint density at radius 3 is 2.65 bits per heavy atom. The van der Waals surface area contributed by atoms with E-state index >= 15 is 0 Å². The van der Waals surface area contributed by atoms with Crippen LogP contribution >= 0.6 is 0 Å². The first-order valence-corrected chi connectivity index (χ1v) is 10.1. The van der Waals surface area contributed by atoms with Crippen LogP contribution in [0.1, 0.15) is 11.1 Å². The highest BCUT2D eigenvalue weighted by Gasteiger charge is 2.14. The van der Waals surface area contributed by atoms with Gasteiger partial charge in [-0.3, -0.25) is 0 Å². The van der Waals surface area contributed by atoms with E-state index in [2.05, 4.69) is 21.4 Å². The summed E-state index contributed by atoms with van der Waals surface area (Å²) in [5.74, 6) is 0.507. The number of benzene rings is 2. The molecule has 136 valence electrons. The van der Waals surface area contributed by atoms with Crippen molar-refractivity contribution < 1.29 is 13.5 Å². The lowest BCUT2D eigenvalue weighted by Crippen LogP contribution is -2.27. The predicted molar refractivity (Wildman–Crippen MR) is 102 cm³/mol. The van der Waals surface area contributed by atoms with Gasteiger partial charge in [-0.15, -0.1) is 0 Å². The molecule has 0 aliphatic heterocycles. The van der Waals surface area contributed by atoms with Gasteiger partial charge in [0.25, 0.3) is 0 Å². The number of sulfone groups is 1. The van der Waals surface area contributed by atoms with E-state index in [0.717, 1.165) is 11.1 Å². The Morgan fingerprint density at radius 1 is 1.15 bits per heavy atom. The Hall–Kier alpha value is -2.51. The van der Waals surface area contributed by atoms with E-state index in [1.54, 1.807) is 12.1 Å². The van der Waals surface area contributed by atoms with Crippen molar-refractivity contribution in [1.29, 1.82) is 0 Å². The third kappa shape index (κ3) is 4.17. The van der Waals surface area contributed by atoms with E-state index in [1.807, 2.05) is 25.1 Å². The highest BCUT2D eigenvalue weighted by atomic mass is 32.2. The molecule has 1 heterocycles. The summed E-state index contributed by atoms with van der Waals surface area (Å²) in [6, 6.07) is 12.6. The molecule has 0 amide bonds. The van der Waals surface area contributed by atoms with Crippen molar-refractivity contribution in [2.75, 3.05) is 18.2 Å². The summed E-state index contributed by atoms with van der Waals surface area (Å²) >= 11 is 0. The van der Waals surface area contributed by atoms with Crippen LogP contribution in [0.3, 0.4) is 0 Å². The van der Waals surface area contributed by atoms with E-state index in [0.29, 0.717) is 23.1 Å². The molecule has 0 spiro atoms. The number of rotatable bonds is 6. The van der Waals surface area contributed by atoms with E-state index in [9.17, 15) is 13.5 Å². The van der Waals surface area contributed by atoms with E-state index in [1.165, 1.54) is 18.6 Å². The molecule has 3 rings (SSSR count). The molecule has 3 aromatic rings. The lowest BCUT2D eigenvalue weighted by molar-refractivity contribution is 0.273. The summed E-state index contributed by atoms with van der Waals surface area (Å²) in [5, 5.41) is 13.6. The van der Waals surface area contributed by atoms with Gasteiger partial charge in [0.15, 0.2) is 9.84 Å². The average molecular weight is 371 g/mol. The summed E-state index contributed by atoms with van der Waals surface area (Å²) in [5.41, 5.74) is 2.90. The third-order valence-electron chi connectivity index (χ3n) is 4.16. The van der Waals surface area contributed by atoms with Crippen molar-refractivity contribution in [2.45, 2.75) is 24.3 Å². The standard InChI is InChI=1S/C19H21N3O3S/c1-13-4-3-5-14(8-13)9-15(11-23)22-19-17-10-16(26(2,24)25)6-7-18(17)20-12-21-19/h3-8,10,12,15,23H,9,11H2,1-2H3,(H,20,21,22)/t15-/m1/s1. The molecule has 0 saturated carbocycles. The van der Waals surface area contributed by atoms with Gasteiger partial charge in [0.05, 0.1) is 23.1 Å². The number of nitrogens with one attached hydrogen (secondary N) is 1. The number of aliphatic hydroxyl groups is 1. The predicted octanol–water partition coefficient (Wildman–Crippen LogP) is 2.36. The van der Waals surface area contributed by atoms with Crippen LogP contribution in [0.25, 0.3) is 10.9 Å². The summed E-state index contributed by atoms with van der Waals surface area (Å²) in [4.78, 5) is 8.64. The molecule has 0 aliphatic carbocycles. The van der Waals surface area contributed by atoms with Gasteiger partial charge in [-0.1, -0.05) is 29.8 Å². The SMILES string of the molecule is Cc1cccc(C[C@H](CO)Nc2ncnc3ccc(S(C)(=O)=O)cc23)c1. The van der Waals surface area contributed by atoms with Gasteiger partial charge < -0.3 is 10.4 Å². The van der Waals surface area contributed by atoms with E-state index < -0.39 is 9.84 Å². The number of aromatic nitrogens is 2. The van der Waals surface area contributed by atoms with Crippen molar-refractivity contribution in [3.8, 4) is 0 Å². The zero-order valence-corrected chi connectivity index (χ0v) is 15.5. The summed E-state index contributed by atoms with van der Waals surface area (Å²) in [6.45, 7) is 1.95.